The molecule has 7 heteroatoms. The van der Waals surface area contributed by atoms with Gasteiger partial charge in [-0.05, 0) is 44.4 Å². The zero-order valence-electron chi connectivity index (χ0n) is 17.1. The first-order chi connectivity index (χ1) is 14.1. The van der Waals surface area contributed by atoms with Crippen molar-refractivity contribution in [2.24, 2.45) is 0 Å². The summed E-state index contributed by atoms with van der Waals surface area (Å²) >= 11 is 0. The summed E-state index contributed by atoms with van der Waals surface area (Å²) in [6.07, 6.45) is 8.92. The maximum Gasteiger partial charge on any atom is 0.222 e. The number of aromatic nitrogens is 5. The van der Waals surface area contributed by atoms with Crippen molar-refractivity contribution < 1.29 is 4.79 Å². The molecule has 3 aromatic rings. The lowest BCUT2D eigenvalue weighted by Crippen LogP contribution is -2.40. The Morgan fingerprint density at radius 3 is 2.90 bits per heavy atom. The molecule has 152 valence electrons. The number of amides is 1. The highest BCUT2D eigenvalue weighted by Gasteiger charge is 2.27. The molecule has 0 aromatic carbocycles. The van der Waals surface area contributed by atoms with Crippen LogP contribution in [0, 0.1) is 13.8 Å². The van der Waals surface area contributed by atoms with E-state index in [0.717, 1.165) is 54.4 Å². The molecule has 1 fully saturated rings. The molecular formula is C22H28N6O. The summed E-state index contributed by atoms with van der Waals surface area (Å²) in [6, 6.07) is 5.95. The molecule has 4 rings (SSSR count). The average Bonchev–Trinajstić information content (AvgIpc) is 3.34. The van der Waals surface area contributed by atoms with Crippen LogP contribution in [0.1, 0.15) is 53.7 Å². The first kappa shape index (κ1) is 19.4. The first-order valence-corrected chi connectivity index (χ1v) is 10.3. The number of hydrogen-bond acceptors (Lipinski definition) is 4. The normalized spacial score (nSPS) is 16.9. The zero-order valence-corrected chi connectivity index (χ0v) is 17.1. The summed E-state index contributed by atoms with van der Waals surface area (Å²) in [5.41, 5.74) is 4.24. The van der Waals surface area contributed by atoms with Crippen molar-refractivity contribution in [1.29, 1.82) is 0 Å². The number of aryl methyl sites for hydroxylation is 2. The molecule has 1 amide bonds. The number of piperidine rings is 1. The number of carbonyl (C=O) groups is 1. The number of likely N-dealkylation sites (tertiary alicyclic amines) is 1. The van der Waals surface area contributed by atoms with Crippen molar-refractivity contribution in [2.45, 2.75) is 52.0 Å². The standard InChI is InChI=1S/C22H28N6O/c1-16-17(2)25-26-20(16)8-9-21(29)27-12-5-6-18(14-27)22-24-11-13-28(22)15-19-7-3-4-10-23-19/h3-4,7,10-11,13,18H,5-6,8-9,12,14-15H2,1-2H3,(H,25,26). The minimum Gasteiger partial charge on any atom is -0.342 e. The molecule has 4 heterocycles. The van der Waals surface area contributed by atoms with Gasteiger partial charge in [0.1, 0.15) is 5.82 Å². The maximum absolute atomic E-state index is 12.8. The third-order valence-electron chi connectivity index (χ3n) is 5.88. The average molecular weight is 393 g/mol. The predicted molar refractivity (Wildman–Crippen MR) is 111 cm³/mol. The monoisotopic (exact) mass is 392 g/mol. The number of hydrogen-bond donors (Lipinski definition) is 1. The van der Waals surface area contributed by atoms with E-state index in [1.54, 1.807) is 0 Å². The lowest BCUT2D eigenvalue weighted by atomic mass is 9.96. The molecule has 1 aliphatic heterocycles. The van der Waals surface area contributed by atoms with Crippen molar-refractivity contribution in [2.75, 3.05) is 13.1 Å². The van der Waals surface area contributed by atoms with Gasteiger partial charge in [0.05, 0.1) is 17.9 Å². The fraction of sp³-hybridized carbons (Fsp3) is 0.455. The highest BCUT2D eigenvalue weighted by atomic mass is 16.2. The quantitative estimate of drug-likeness (QED) is 0.699. The van der Waals surface area contributed by atoms with E-state index in [4.69, 9.17) is 0 Å². The van der Waals surface area contributed by atoms with Crippen LogP contribution < -0.4 is 0 Å². The molecule has 0 spiro atoms. The number of carbonyl (C=O) groups excluding carboxylic acids is 1. The van der Waals surface area contributed by atoms with Crippen LogP contribution in [0.5, 0.6) is 0 Å². The third kappa shape index (κ3) is 4.39. The van der Waals surface area contributed by atoms with Crippen LogP contribution in [0.2, 0.25) is 0 Å². The van der Waals surface area contributed by atoms with Crippen LogP contribution in [-0.2, 0) is 17.8 Å². The van der Waals surface area contributed by atoms with Crippen molar-refractivity contribution in [1.82, 2.24) is 29.6 Å². The van der Waals surface area contributed by atoms with E-state index < -0.39 is 0 Å². The summed E-state index contributed by atoms with van der Waals surface area (Å²) in [7, 11) is 0. The molecule has 7 nitrogen and oxygen atoms in total. The molecule has 0 bridgehead atoms. The summed E-state index contributed by atoms with van der Waals surface area (Å²) < 4.78 is 2.16. The minimum absolute atomic E-state index is 0.206. The van der Waals surface area contributed by atoms with Crippen LogP contribution in [0.3, 0.4) is 0 Å². The van der Waals surface area contributed by atoms with Gasteiger partial charge in [-0.15, -0.1) is 0 Å². The summed E-state index contributed by atoms with van der Waals surface area (Å²) in [5.74, 6) is 1.52. The smallest absolute Gasteiger partial charge is 0.222 e. The van der Waals surface area contributed by atoms with Crippen LogP contribution in [0.25, 0.3) is 0 Å². The number of rotatable bonds is 6. The maximum atomic E-state index is 12.8. The summed E-state index contributed by atoms with van der Waals surface area (Å²) in [6.45, 7) is 6.33. The Kier molecular flexibility index (Phi) is 5.74. The van der Waals surface area contributed by atoms with Gasteiger partial charge < -0.3 is 9.47 Å². The molecule has 0 radical (unpaired) electrons. The van der Waals surface area contributed by atoms with E-state index in [1.165, 1.54) is 0 Å². The van der Waals surface area contributed by atoms with Crippen LogP contribution in [0.4, 0.5) is 0 Å². The van der Waals surface area contributed by atoms with Gasteiger partial charge in [0.2, 0.25) is 5.91 Å². The lowest BCUT2D eigenvalue weighted by Gasteiger charge is -2.32. The molecule has 1 aliphatic rings. The molecule has 3 aromatic heterocycles. The van der Waals surface area contributed by atoms with Gasteiger partial charge in [-0.25, -0.2) is 4.98 Å². The third-order valence-corrected chi connectivity index (χ3v) is 5.88. The Balaban J connectivity index is 1.39. The van der Waals surface area contributed by atoms with Crippen LogP contribution in [0.15, 0.2) is 36.8 Å². The summed E-state index contributed by atoms with van der Waals surface area (Å²) in [5, 5.41) is 7.33. The predicted octanol–water partition coefficient (Wildman–Crippen LogP) is 3.01. The van der Waals surface area contributed by atoms with Crippen molar-refractivity contribution >= 4 is 5.91 Å². The molecule has 0 saturated carbocycles. The van der Waals surface area contributed by atoms with E-state index in [1.807, 2.05) is 48.6 Å². The SMILES string of the molecule is Cc1[nH]nc(CCC(=O)N2CCCC(c3nccn3Cc3ccccn3)C2)c1C. The van der Waals surface area contributed by atoms with E-state index in [2.05, 4.69) is 31.7 Å². The molecule has 1 atom stereocenters. The van der Waals surface area contributed by atoms with Crippen molar-refractivity contribution in [3.8, 4) is 0 Å². The first-order valence-electron chi connectivity index (χ1n) is 10.3. The second kappa shape index (κ2) is 8.59. The minimum atomic E-state index is 0.206. The molecule has 29 heavy (non-hydrogen) atoms. The van der Waals surface area contributed by atoms with Gasteiger partial charge in [0.25, 0.3) is 0 Å². The zero-order chi connectivity index (χ0) is 20.2. The fourth-order valence-electron chi connectivity index (χ4n) is 4.06. The van der Waals surface area contributed by atoms with Gasteiger partial charge in [-0.3, -0.25) is 14.9 Å². The van der Waals surface area contributed by atoms with E-state index in [0.29, 0.717) is 19.4 Å². The van der Waals surface area contributed by atoms with Crippen molar-refractivity contribution in [3.63, 3.8) is 0 Å². The van der Waals surface area contributed by atoms with Gasteiger partial charge in [0, 0.05) is 56.1 Å². The summed E-state index contributed by atoms with van der Waals surface area (Å²) in [4.78, 5) is 23.9. The number of pyridine rings is 1. The molecular weight excluding hydrogens is 364 g/mol. The van der Waals surface area contributed by atoms with Gasteiger partial charge in [0.15, 0.2) is 0 Å². The highest BCUT2D eigenvalue weighted by Crippen LogP contribution is 2.27. The van der Waals surface area contributed by atoms with Gasteiger partial charge in [-0.2, -0.15) is 5.10 Å². The lowest BCUT2D eigenvalue weighted by molar-refractivity contribution is -0.132. The number of nitrogens with one attached hydrogen (secondary N) is 1. The largest absolute Gasteiger partial charge is 0.342 e. The molecule has 1 N–H and O–H groups in total. The highest BCUT2D eigenvalue weighted by molar-refractivity contribution is 5.76. The van der Waals surface area contributed by atoms with E-state index in [9.17, 15) is 4.79 Å². The van der Waals surface area contributed by atoms with E-state index in [-0.39, 0.29) is 11.8 Å². The second-order valence-corrected chi connectivity index (χ2v) is 7.83. The Hall–Kier alpha value is -2.96. The number of imidazole rings is 1. The fourth-order valence-corrected chi connectivity index (χ4v) is 4.06. The van der Waals surface area contributed by atoms with Crippen molar-refractivity contribution in [3.05, 3.63) is 65.3 Å². The Morgan fingerprint density at radius 1 is 1.24 bits per heavy atom. The second-order valence-electron chi connectivity index (χ2n) is 7.83. The molecule has 0 aliphatic carbocycles. The Bertz CT molecular complexity index is 961. The number of H-pyrrole nitrogens is 1. The van der Waals surface area contributed by atoms with Gasteiger partial charge >= 0.3 is 0 Å². The van der Waals surface area contributed by atoms with Gasteiger partial charge in [-0.1, -0.05) is 6.07 Å². The number of nitrogens with zero attached hydrogens (tertiary/aromatic N) is 5. The Labute approximate surface area is 171 Å². The van der Waals surface area contributed by atoms with Crippen LogP contribution >= 0.6 is 0 Å². The topological polar surface area (TPSA) is 79.7 Å². The van der Waals surface area contributed by atoms with E-state index >= 15 is 0 Å². The molecule has 1 unspecified atom stereocenters. The Morgan fingerprint density at radius 2 is 2.14 bits per heavy atom. The number of aromatic amines is 1. The molecule has 1 saturated heterocycles. The van der Waals surface area contributed by atoms with Crippen LogP contribution in [-0.4, -0.2) is 48.6 Å².